The summed E-state index contributed by atoms with van der Waals surface area (Å²) in [5.74, 6) is 0.0745. The molecule has 3 aromatic carbocycles. The average molecular weight is 454 g/mol. The fourth-order valence-corrected chi connectivity index (χ4v) is 3.77. The van der Waals surface area contributed by atoms with Gasteiger partial charge in [0.15, 0.2) is 5.78 Å². The Morgan fingerprint density at radius 1 is 1.09 bits per heavy atom. The van der Waals surface area contributed by atoms with Crippen LogP contribution in [-0.2, 0) is 11.3 Å². The molecule has 34 heavy (non-hydrogen) atoms. The van der Waals surface area contributed by atoms with Crippen molar-refractivity contribution in [2.24, 2.45) is 4.99 Å². The Morgan fingerprint density at radius 2 is 1.74 bits per heavy atom. The second-order valence-corrected chi connectivity index (χ2v) is 8.19. The lowest BCUT2D eigenvalue weighted by Gasteiger charge is -2.21. The lowest BCUT2D eigenvalue weighted by Crippen LogP contribution is -2.17. The molecule has 1 N–H and O–H groups in total. The first kappa shape index (κ1) is 22.9. The number of aryl methyl sites for hydroxylation is 1. The molecule has 7 heteroatoms. The minimum Gasteiger partial charge on any atom is -0.505 e. The Bertz CT molecular complexity index is 1370. The Balaban J connectivity index is 1.59. The molecule has 4 aromatic rings. The van der Waals surface area contributed by atoms with E-state index in [1.54, 1.807) is 19.2 Å². The van der Waals surface area contributed by atoms with Crippen LogP contribution in [0.25, 0.3) is 22.8 Å². The van der Waals surface area contributed by atoms with Crippen molar-refractivity contribution in [1.29, 1.82) is 0 Å². The zero-order valence-electron chi connectivity index (χ0n) is 19.7. The second kappa shape index (κ2) is 9.70. The van der Waals surface area contributed by atoms with E-state index in [0.717, 1.165) is 33.4 Å². The summed E-state index contributed by atoms with van der Waals surface area (Å²) < 4.78 is 0. The number of ketones is 1. The van der Waals surface area contributed by atoms with Crippen LogP contribution >= 0.6 is 0 Å². The summed E-state index contributed by atoms with van der Waals surface area (Å²) in [5, 5.41) is 20.1. The summed E-state index contributed by atoms with van der Waals surface area (Å²) in [7, 11) is 1.97. The number of hydrogen-bond donors (Lipinski definition) is 1. The predicted molar refractivity (Wildman–Crippen MR) is 137 cm³/mol. The molecule has 0 fully saturated rings. The smallest absolute Gasteiger partial charge is 0.178 e. The third kappa shape index (κ3) is 4.88. The van der Waals surface area contributed by atoms with Gasteiger partial charge in [-0.05, 0) is 61.4 Å². The van der Waals surface area contributed by atoms with Crippen LogP contribution in [-0.4, -0.2) is 39.1 Å². The maximum Gasteiger partial charge on any atom is 0.178 e. The first-order valence-corrected chi connectivity index (χ1v) is 11.0. The summed E-state index contributed by atoms with van der Waals surface area (Å²) in [4.78, 5) is 19.4. The number of allylic oxidation sites excluding steroid dienone is 1. The van der Waals surface area contributed by atoms with E-state index >= 15 is 0 Å². The highest BCUT2D eigenvalue weighted by molar-refractivity contribution is 5.98. The lowest BCUT2D eigenvalue weighted by molar-refractivity contribution is -0.113. The highest BCUT2D eigenvalue weighted by Crippen LogP contribution is 2.30. The number of fused-ring (bicyclic) bond motifs is 1. The molecular formula is C27H27N5O2. The molecule has 0 aliphatic rings. The van der Waals surface area contributed by atoms with Gasteiger partial charge in [-0.2, -0.15) is 0 Å². The molecule has 172 valence electrons. The first-order valence-electron chi connectivity index (χ1n) is 11.0. The number of carbonyl (C=O) groups excluding carboxylic acids is 1. The minimum atomic E-state index is -0.0791. The van der Waals surface area contributed by atoms with Gasteiger partial charge in [-0.25, -0.2) is 0 Å². The molecule has 0 unspecified atom stereocenters. The SMILES string of the molecule is CC=N/C(=C\c1ccc(N(C)Cc2cc(C)cc(-n3nc4ccccc4n3)c2O)cc1)C(C)=O. The molecule has 0 amide bonds. The van der Waals surface area contributed by atoms with Crippen LogP contribution in [0.2, 0.25) is 0 Å². The second-order valence-electron chi connectivity index (χ2n) is 8.19. The number of phenols is 1. The molecule has 7 nitrogen and oxygen atoms in total. The summed E-state index contributed by atoms with van der Waals surface area (Å²) in [6.45, 7) is 5.77. The van der Waals surface area contributed by atoms with E-state index in [-0.39, 0.29) is 11.5 Å². The molecule has 0 bridgehead atoms. The minimum absolute atomic E-state index is 0.0791. The molecule has 0 saturated carbocycles. The number of hydrogen-bond acceptors (Lipinski definition) is 6. The number of aliphatic imine (C=N–C) groups is 1. The van der Waals surface area contributed by atoms with Crippen molar-refractivity contribution in [2.75, 3.05) is 11.9 Å². The fourth-order valence-electron chi connectivity index (χ4n) is 3.77. The third-order valence-corrected chi connectivity index (χ3v) is 5.49. The van der Waals surface area contributed by atoms with Crippen LogP contribution in [0.15, 0.2) is 71.4 Å². The molecular weight excluding hydrogens is 426 g/mol. The van der Waals surface area contributed by atoms with Crippen molar-refractivity contribution >= 4 is 34.8 Å². The molecule has 0 atom stereocenters. The van der Waals surface area contributed by atoms with Gasteiger partial charge in [0.05, 0.1) is 0 Å². The van der Waals surface area contributed by atoms with E-state index in [1.807, 2.05) is 74.6 Å². The number of aromatic hydroxyl groups is 1. The molecule has 0 aliphatic carbocycles. The van der Waals surface area contributed by atoms with Crippen LogP contribution in [0, 0.1) is 6.92 Å². The van der Waals surface area contributed by atoms with E-state index in [0.29, 0.717) is 17.9 Å². The van der Waals surface area contributed by atoms with Crippen LogP contribution in [0.5, 0.6) is 5.75 Å². The molecule has 0 radical (unpaired) electrons. The van der Waals surface area contributed by atoms with Gasteiger partial charge in [0.1, 0.15) is 28.2 Å². The number of phenolic OH excluding ortho intramolecular Hbond substituents is 1. The van der Waals surface area contributed by atoms with E-state index in [9.17, 15) is 9.90 Å². The monoisotopic (exact) mass is 453 g/mol. The molecule has 1 aromatic heterocycles. The molecule has 0 aliphatic heterocycles. The molecule has 0 spiro atoms. The molecule has 4 rings (SSSR count). The number of rotatable bonds is 7. The van der Waals surface area contributed by atoms with Crippen LogP contribution < -0.4 is 4.90 Å². The van der Waals surface area contributed by atoms with Gasteiger partial charge >= 0.3 is 0 Å². The predicted octanol–water partition coefficient (Wildman–Crippen LogP) is 5.09. The van der Waals surface area contributed by atoms with Crippen LogP contribution in [0.3, 0.4) is 0 Å². The maximum atomic E-state index is 11.7. The van der Waals surface area contributed by atoms with Crippen molar-refractivity contribution in [2.45, 2.75) is 27.3 Å². The van der Waals surface area contributed by atoms with Gasteiger partial charge in [0.25, 0.3) is 0 Å². The highest BCUT2D eigenvalue weighted by Gasteiger charge is 2.15. The van der Waals surface area contributed by atoms with E-state index in [4.69, 9.17) is 0 Å². The normalized spacial score (nSPS) is 11.9. The number of benzene rings is 3. The standard InChI is InChI=1S/C27H27N5O2/c1-5-28-25(19(3)33)16-20-10-12-22(13-11-20)31(4)17-21-14-18(2)15-26(27(21)34)32-29-23-8-6-7-9-24(23)30-32/h5-16,34H,17H2,1-4H3/b25-16-,28-5?. The van der Waals surface area contributed by atoms with Crippen molar-refractivity contribution in [1.82, 2.24) is 15.0 Å². The van der Waals surface area contributed by atoms with Gasteiger partial charge in [-0.15, -0.1) is 15.0 Å². The first-order chi connectivity index (χ1) is 16.4. The quantitative estimate of drug-likeness (QED) is 0.311. The summed E-state index contributed by atoms with van der Waals surface area (Å²) in [5.41, 5.74) is 6.17. The molecule has 0 saturated heterocycles. The number of Topliss-reactive ketones (excluding diaryl/α,β-unsaturated/α-hetero) is 1. The Kier molecular flexibility index (Phi) is 6.54. The van der Waals surface area contributed by atoms with E-state index in [1.165, 1.54) is 11.7 Å². The van der Waals surface area contributed by atoms with Crippen molar-refractivity contribution in [3.63, 3.8) is 0 Å². The summed E-state index contributed by atoms with van der Waals surface area (Å²) in [6, 6.07) is 19.3. The highest BCUT2D eigenvalue weighted by atomic mass is 16.3. The average Bonchev–Trinajstić information content (AvgIpc) is 3.25. The van der Waals surface area contributed by atoms with Crippen LogP contribution in [0.4, 0.5) is 5.69 Å². The largest absolute Gasteiger partial charge is 0.505 e. The Morgan fingerprint density at radius 3 is 2.32 bits per heavy atom. The van der Waals surface area contributed by atoms with Crippen LogP contribution in [0.1, 0.15) is 30.5 Å². The van der Waals surface area contributed by atoms with Crippen molar-refractivity contribution in [3.8, 4) is 11.4 Å². The van der Waals surface area contributed by atoms with Gasteiger partial charge < -0.3 is 10.0 Å². The number of aromatic nitrogens is 3. The van der Waals surface area contributed by atoms with Crippen molar-refractivity contribution < 1.29 is 9.90 Å². The van der Waals surface area contributed by atoms with Crippen molar-refractivity contribution in [3.05, 3.63) is 83.1 Å². The van der Waals surface area contributed by atoms with Gasteiger partial charge in [0, 0.05) is 38.0 Å². The summed E-state index contributed by atoms with van der Waals surface area (Å²) >= 11 is 0. The Hall–Kier alpha value is -4.26. The number of carbonyl (C=O) groups is 1. The Labute approximate surface area is 198 Å². The van der Waals surface area contributed by atoms with Gasteiger partial charge in [-0.1, -0.05) is 30.3 Å². The summed E-state index contributed by atoms with van der Waals surface area (Å²) in [6.07, 6.45) is 3.38. The maximum absolute atomic E-state index is 11.7. The molecule has 1 heterocycles. The van der Waals surface area contributed by atoms with Gasteiger partial charge in [-0.3, -0.25) is 9.79 Å². The number of anilines is 1. The number of nitrogens with zero attached hydrogens (tertiary/aromatic N) is 5. The lowest BCUT2D eigenvalue weighted by atomic mass is 10.1. The third-order valence-electron chi connectivity index (χ3n) is 5.49. The fraction of sp³-hybridized carbons (Fsp3) is 0.185. The van der Waals surface area contributed by atoms with E-state index in [2.05, 4.69) is 20.1 Å². The zero-order valence-corrected chi connectivity index (χ0v) is 19.7. The zero-order chi connectivity index (χ0) is 24.2. The van der Waals surface area contributed by atoms with E-state index < -0.39 is 0 Å². The van der Waals surface area contributed by atoms with Gasteiger partial charge in [0.2, 0.25) is 0 Å². The topological polar surface area (TPSA) is 83.6 Å².